The van der Waals surface area contributed by atoms with Gasteiger partial charge in [-0.2, -0.15) is 5.10 Å². The Balaban J connectivity index is 2.69. The van der Waals surface area contributed by atoms with Crippen LogP contribution in [0.4, 0.5) is 0 Å². The number of fused-ring (bicyclic) bond motifs is 1. The lowest BCUT2D eigenvalue weighted by atomic mass is 10.2. The van der Waals surface area contributed by atoms with Gasteiger partial charge in [0, 0.05) is 11.5 Å². The molecule has 0 spiro atoms. The number of hydrogen-bond acceptors (Lipinski definition) is 4. The fraction of sp³-hybridized carbons (Fsp3) is 0.125. The number of ether oxygens (including phenoxy) is 1. The second kappa shape index (κ2) is 2.99. The number of nitrogens with one attached hydrogen (secondary N) is 1. The Morgan fingerprint density at radius 1 is 1.64 bits per heavy atom. The van der Waals surface area contributed by atoms with Crippen LogP contribution in [0.3, 0.4) is 0 Å². The topological polar surface area (TPSA) is 88.1 Å². The molecule has 0 amide bonds. The second-order valence-electron chi connectivity index (χ2n) is 2.65. The van der Waals surface area contributed by atoms with Crippen LogP contribution in [-0.4, -0.2) is 33.4 Å². The predicted octanol–water partition coefficient (Wildman–Crippen LogP) is 0.665. The molecule has 0 aliphatic heterocycles. The van der Waals surface area contributed by atoms with E-state index in [9.17, 15) is 4.79 Å². The smallest absolute Gasteiger partial charge is 0.357 e. The van der Waals surface area contributed by atoms with E-state index in [1.54, 1.807) is 0 Å². The minimum absolute atomic E-state index is 0.0271. The van der Waals surface area contributed by atoms with Crippen LogP contribution < -0.4 is 4.74 Å². The number of aromatic amines is 1. The molecule has 0 fully saturated rings. The quantitative estimate of drug-likeness (QED) is 0.731. The number of aromatic nitrogens is 3. The van der Waals surface area contributed by atoms with Gasteiger partial charge >= 0.3 is 5.97 Å². The van der Waals surface area contributed by atoms with Crippen LogP contribution in [0.25, 0.3) is 10.9 Å². The number of nitrogens with zero attached hydrogens (tertiary/aromatic N) is 2. The van der Waals surface area contributed by atoms with E-state index in [-0.39, 0.29) is 5.69 Å². The zero-order valence-electron chi connectivity index (χ0n) is 7.31. The van der Waals surface area contributed by atoms with Crippen LogP contribution in [0.15, 0.2) is 12.3 Å². The molecular weight excluding hydrogens is 186 g/mol. The van der Waals surface area contributed by atoms with Gasteiger partial charge in [0.15, 0.2) is 5.69 Å². The molecule has 0 aromatic carbocycles. The molecule has 6 heteroatoms. The summed E-state index contributed by atoms with van der Waals surface area (Å²) in [6.07, 6.45) is 1.48. The van der Waals surface area contributed by atoms with Crippen molar-refractivity contribution in [2.24, 2.45) is 0 Å². The van der Waals surface area contributed by atoms with Crippen molar-refractivity contribution in [3.8, 4) is 5.88 Å². The van der Waals surface area contributed by atoms with Crippen LogP contribution in [0.2, 0.25) is 0 Å². The maximum Gasteiger partial charge on any atom is 0.357 e. The van der Waals surface area contributed by atoms with E-state index in [1.807, 2.05) is 0 Å². The predicted molar refractivity (Wildman–Crippen MR) is 47.4 cm³/mol. The first-order valence-electron chi connectivity index (χ1n) is 3.84. The molecule has 14 heavy (non-hydrogen) atoms. The molecular formula is C8H7N3O3. The zero-order valence-corrected chi connectivity index (χ0v) is 7.31. The molecule has 2 rings (SSSR count). The summed E-state index contributed by atoms with van der Waals surface area (Å²) in [5.41, 5.74) is 0.545. The Kier molecular flexibility index (Phi) is 1.81. The molecule has 0 atom stereocenters. The van der Waals surface area contributed by atoms with Crippen LogP contribution in [0, 0.1) is 0 Å². The molecule has 2 heterocycles. The Bertz CT molecular complexity index is 492. The van der Waals surface area contributed by atoms with Gasteiger partial charge in [0.05, 0.1) is 18.8 Å². The number of aromatic carboxylic acids is 1. The average molecular weight is 193 g/mol. The molecule has 2 N–H and O–H groups in total. The van der Waals surface area contributed by atoms with Gasteiger partial charge < -0.3 is 9.84 Å². The third-order valence-corrected chi connectivity index (χ3v) is 1.83. The van der Waals surface area contributed by atoms with Gasteiger partial charge in [-0.1, -0.05) is 0 Å². The minimum atomic E-state index is -1.08. The largest absolute Gasteiger partial charge is 0.481 e. The summed E-state index contributed by atoms with van der Waals surface area (Å²) >= 11 is 0. The van der Waals surface area contributed by atoms with Crippen LogP contribution in [0.1, 0.15) is 10.5 Å². The van der Waals surface area contributed by atoms with Crippen molar-refractivity contribution >= 4 is 16.9 Å². The highest BCUT2D eigenvalue weighted by molar-refractivity contribution is 6.00. The summed E-state index contributed by atoms with van der Waals surface area (Å²) < 4.78 is 4.88. The van der Waals surface area contributed by atoms with Crippen molar-refractivity contribution in [2.45, 2.75) is 0 Å². The van der Waals surface area contributed by atoms with Crippen LogP contribution in [0.5, 0.6) is 5.88 Å². The minimum Gasteiger partial charge on any atom is -0.481 e. The lowest BCUT2D eigenvalue weighted by Crippen LogP contribution is -1.97. The lowest BCUT2D eigenvalue weighted by molar-refractivity contribution is 0.0692. The summed E-state index contributed by atoms with van der Waals surface area (Å²) in [5.74, 6) is -0.717. The summed E-state index contributed by atoms with van der Waals surface area (Å²) in [6, 6.07) is 1.53. The van der Waals surface area contributed by atoms with Crippen molar-refractivity contribution in [3.05, 3.63) is 18.0 Å². The monoisotopic (exact) mass is 193 g/mol. The molecule has 2 aromatic heterocycles. The fourth-order valence-corrected chi connectivity index (χ4v) is 1.17. The Labute approximate surface area is 78.5 Å². The number of pyridine rings is 1. The number of carboxylic acid groups (broad SMARTS) is 1. The van der Waals surface area contributed by atoms with Crippen molar-refractivity contribution in [1.29, 1.82) is 0 Å². The van der Waals surface area contributed by atoms with Crippen molar-refractivity contribution in [2.75, 3.05) is 7.11 Å². The zero-order chi connectivity index (χ0) is 10.1. The highest BCUT2D eigenvalue weighted by atomic mass is 16.5. The number of rotatable bonds is 2. The van der Waals surface area contributed by atoms with E-state index >= 15 is 0 Å². The van der Waals surface area contributed by atoms with Gasteiger partial charge in [0.2, 0.25) is 5.88 Å². The maximum atomic E-state index is 10.7. The highest BCUT2D eigenvalue weighted by Gasteiger charge is 2.13. The first kappa shape index (κ1) is 8.49. The molecule has 0 aliphatic rings. The Morgan fingerprint density at radius 2 is 2.43 bits per heavy atom. The summed E-state index contributed by atoms with van der Waals surface area (Å²) in [6.45, 7) is 0. The van der Waals surface area contributed by atoms with E-state index in [0.717, 1.165) is 0 Å². The molecule has 0 saturated carbocycles. The number of H-pyrrole nitrogens is 1. The van der Waals surface area contributed by atoms with E-state index in [0.29, 0.717) is 16.8 Å². The third kappa shape index (κ3) is 1.17. The summed E-state index contributed by atoms with van der Waals surface area (Å²) in [4.78, 5) is 14.6. The lowest BCUT2D eigenvalue weighted by Gasteiger charge is -1.96. The van der Waals surface area contributed by atoms with Crippen molar-refractivity contribution < 1.29 is 14.6 Å². The summed E-state index contributed by atoms with van der Waals surface area (Å²) in [7, 11) is 1.47. The molecule has 0 bridgehead atoms. The molecule has 0 unspecified atom stereocenters. The van der Waals surface area contributed by atoms with Gasteiger partial charge in [0.25, 0.3) is 0 Å². The van der Waals surface area contributed by atoms with E-state index in [2.05, 4.69) is 15.2 Å². The second-order valence-corrected chi connectivity index (χ2v) is 2.65. The van der Waals surface area contributed by atoms with Crippen molar-refractivity contribution in [3.63, 3.8) is 0 Å². The standard InChI is InChI=1S/C8H7N3O3/c1-14-6-2-4-5(3-9-6)10-11-7(4)8(12)13/h2-3H,1H3,(H,10,11)(H,12,13). The van der Waals surface area contributed by atoms with Crippen LogP contribution in [-0.2, 0) is 0 Å². The average Bonchev–Trinajstić information content (AvgIpc) is 2.59. The van der Waals surface area contributed by atoms with E-state index in [4.69, 9.17) is 9.84 Å². The van der Waals surface area contributed by atoms with Gasteiger partial charge in [-0.05, 0) is 0 Å². The Morgan fingerprint density at radius 3 is 3.07 bits per heavy atom. The highest BCUT2D eigenvalue weighted by Crippen LogP contribution is 2.19. The number of hydrogen-bond donors (Lipinski definition) is 2. The first-order chi connectivity index (χ1) is 6.72. The molecule has 2 aromatic rings. The number of methoxy groups -OCH3 is 1. The molecule has 72 valence electrons. The summed E-state index contributed by atoms with van der Waals surface area (Å²) in [5, 5.41) is 15.5. The van der Waals surface area contributed by atoms with Gasteiger partial charge in [-0.15, -0.1) is 0 Å². The number of carboxylic acids is 1. The van der Waals surface area contributed by atoms with Gasteiger partial charge in [-0.3, -0.25) is 5.10 Å². The Hall–Kier alpha value is -2.11. The van der Waals surface area contributed by atoms with E-state index < -0.39 is 5.97 Å². The molecule has 0 saturated heterocycles. The molecule has 0 radical (unpaired) electrons. The third-order valence-electron chi connectivity index (χ3n) is 1.83. The van der Waals surface area contributed by atoms with Gasteiger partial charge in [0.1, 0.15) is 0 Å². The number of carbonyl (C=O) groups is 1. The molecule has 6 nitrogen and oxygen atoms in total. The maximum absolute atomic E-state index is 10.7. The molecule has 0 aliphatic carbocycles. The SMILES string of the molecule is COc1cc2c(C(=O)O)n[nH]c2cn1. The van der Waals surface area contributed by atoms with E-state index in [1.165, 1.54) is 19.4 Å². The van der Waals surface area contributed by atoms with Crippen molar-refractivity contribution in [1.82, 2.24) is 15.2 Å². The van der Waals surface area contributed by atoms with Crippen LogP contribution >= 0.6 is 0 Å². The fourth-order valence-electron chi connectivity index (χ4n) is 1.17. The first-order valence-corrected chi connectivity index (χ1v) is 3.84. The normalized spacial score (nSPS) is 10.4. The van der Waals surface area contributed by atoms with Gasteiger partial charge in [-0.25, -0.2) is 9.78 Å².